The van der Waals surface area contributed by atoms with Crippen LogP contribution in [0.15, 0.2) is 243 Å². The summed E-state index contributed by atoms with van der Waals surface area (Å²) in [6.07, 6.45) is 8.75. The van der Waals surface area contributed by atoms with E-state index in [0.717, 1.165) is 71.9 Å². The molecule has 0 spiro atoms. The van der Waals surface area contributed by atoms with Gasteiger partial charge in [-0.1, -0.05) is 220 Å². The van der Waals surface area contributed by atoms with Crippen molar-refractivity contribution in [2.45, 2.75) is 163 Å². The number of amides is 12. The Kier molecular flexibility index (Phi) is 28.5. The minimum absolute atomic E-state index is 0.00266. The van der Waals surface area contributed by atoms with Crippen molar-refractivity contribution in [1.29, 1.82) is 0 Å². The summed E-state index contributed by atoms with van der Waals surface area (Å²) in [7, 11) is 3.32. The van der Waals surface area contributed by atoms with Crippen LogP contribution in [0.5, 0.6) is 0 Å². The molecule has 20 rings (SSSR count). The van der Waals surface area contributed by atoms with Crippen molar-refractivity contribution in [3.63, 3.8) is 0 Å². The Morgan fingerprint density at radius 3 is 0.813 bits per heavy atom. The number of aryl methyl sites for hydroxylation is 4. The van der Waals surface area contributed by atoms with Gasteiger partial charge in [0.2, 0.25) is 23.6 Å². The second-order valence-corrected chi connectivity index (χ2v) is 37.1. The number of hydrogen-bond acceptors (Lipinski definition) is 12. The predicted octanol–water partition coefficient (Wildman–Crippen LogP) is 15.9. The Morgan fingerprint density at radius 2 is 0.567 bits per heavy atom. The molecular formula is C108H118F2N12O12. The van der Waals surface area contributed by atoms with Crippen molar-refractivity contribution < 1.29 is 66.8 Å². The molecule has 696 valence electrons. The van der Waals surface area contributed by atoms with Crippen LogP contribution in [0.25, 0.3) is 44.5 Å². The van der Waals surface area contributed by atoms with E-state index in [9.17, 15) is 57.4 Å². The van der Waals surface area contributed by atoms with Crippen LogP contribution in [0.4, 0.5) is 39.3 Å². The average molecular weight is 1810 g/mol. The summed E-state index contributed by atoms with van der Waals surface area (Å²) in [5.41, 5.74) is 19.7. The molecule has 0 radical (unpaired) electrons. The van der Waals surface area contributed by atoms with Crippen LogP contribution in [-0.4, -0.2) is 251 Å². The Labute approximate surface area is 781 Å². The molecule has 134 heavy (non-hydrogen) atoms. The number of aliphatic hydroxyl groups is 2. The lowest BCUT2D eigenvalue weighted by Gasteiger charge is -2.59. The molecule has 0 bridgehead atoms. The Balaban J connectivity index is 0.000000124. The number of methoxy groups -OCH3 is 2. The number of nitrogens with one attached hydrogen (secondary N) is 4. The molecule has 0 unspecified atom stereocenters. The summed E-state index contributed by atoms with van der Waals surface area (Å²) < 4.78 is 37.3. The van der Waals surface area contributed by atoms with Gasteiger partial charge >= 0.3 is 24.1 Å². The minimum Gasteiger partial charge on any atom is -0.394 e. The van der Waals surface area contributed by atoms with Crippen LogP contribution in [0, 0.1) is 39.3 Å². The maximum atomic E-state index is 13.2. The van der Waals surface area contributed by atoms with E-state index in [1.54, 1.807) is 33.8 Å². The van der Waals surface area contributed by atoms with Gasteiger partial charge in [0.25, 0.3) is 0 Å². The molecule has 2 aliphatic carbocycles. The standard InChI is InChI=1S/C28H28FN3O3.C27H26FN3O3.C27H33N3O3.C26H31N3O3/c1-18-5-3-4-6-23(18)19-7-9-20(10-8-19)27-24-15-31(16-26(33)32(24)25(27)17-35-2)28(34)30-22-13-11-21(29)12-14-22;1-17-4-2-3-5-22(17)18-6-8-19(9-7-18)26-23-14-30(15-25(33)31(23)24(26)16-32)27(34)29-21-12-10-20(28)11-13-21;1-18-7-3-6-10-22(18)19-11-13-20(14-12-19)26-23-15-29(27(32)28-21-8-4-5-9-21)16-25(31)30(23)24(26)17-33-2;1-17-6-2-5-9-21(17)18-10-12-19(13-11-18)25-22-14-28(15-24(31)29(22)23(25)16-30)26(32)27-20-7-3-4-8-20/h3-14,24-25,27H,15-17H2,1-2H3,(H,30,34);2-13,23-24,26,32H,14-16H2,1H3,(H,29,34);3,6-7,10-14,21,23-24,26H,4-5,8-9,15-17H2,1-2H3,(H,28,32);2,5-6,9-13,20,22-23,25,30H,3-4,7-8,14-16H2,1H3,(H,27,32)/t24-,25-,27-;23-,24-,26-;23-,24-,26+;22-,23-,25+/m1100/s1. The zero-order valence-corrected chi connectivity index (χ0v) is 76.6. The number of carbonyl (C=O) groups is 8. The van der Waals surface area contributed by atoms with Crippen molar-refractivity contribution in [2.24, 2.45) is 0 Å². The van der Waals surface area contributed by atoms with Crippen LogP contribution in [0.1, 0.15) is 120 Å². The van der Waals surface area contributed by atoms with Gasteiger partial charge in [-0.2, -0.15) is 0 Å². The lowest BCUT2D eigenvalue weighted by molar-refractivity contribution is -0.160. The second kappa shape index (κ2) is 41.1. The third-order valence-electron chi connectivity index (χ3n) is 29.0. The highest BCUT2D eigenvalue weighted by molar-refractivity contribution is 5.96. The maximum Gasteiger partial charge on any atom is 0.322 e. The summed E-state index contributed by atoms with van der Waals surface area (Å²) in [6, 6.07) is 76.5. The number of ether oxygens (including phenoxy) is 2. The van der Waals surface area contributed by atoms with Crippen LogP contribution < -0.4 is 21.3 Å². The van der Waals surface area contributed by atoms with Crippen molar-refractivity contribution in [1.82, 2.24) is 49.8 Å². The molecule has 6 N–H and O–H groups in total. The number of carbonyl (C=O) groups excluding carboxylic acids is 8. The number of piperazine rings is 4. The van der Waals surface area contributed by atoms with Crippen molar-refractivity contribution >= 4 is 59.1 Å². The van der Waals surface area contributed by atoms with E-state index in [2.05, 4.69) is 207 Å². The molecule has 10 fully saturated rings. The molecule has 0 aromatic heterocycles. The van der Waals surface area contributed by atoms with Gasteiger partial charge in [-0.05, 0) is 191 Å². The van der Waals surface area contributed by atoms with E-state index in [1.807, 2.05) is 46.2 Å². The number of rotatable bonds is 18. The van der Waals surface area contributed by atoms with Gasteiger partial charge in [0, 0.05) is 87.5 Å². The molecule has 8 heterocycles. The summed E-state index contributed by atoms with van der Waals surface area (Å²) in [4.78, 5) is 117. The molecule has 10 aliphatic rings. The minimum atomic E-state index is -0.402. The first kappa shape index (κ1) is 92.7. The third-order valence-corrected chi connectivity index (χ3v) is 29.0. The summed E-state index contributed by atoms with van der Waals surface area (Å²) in [5.74, 6) is -0.921. The molecule has 2 saturated carbocycles. The van der Waals surface area contributed by atoms with Crippen molar-refractivity contribution in [2.75, 3.05) is 104 Å². The average Bonchev–Trinajstić information content (AvgIpc) is 0.927. The molecule has 8 aliphatic heterocycles. The lowest BCUT2D eigenvalue weighted by Crippen LogP contribution is -2.74. The Bertz CT molecular complexity index is 5890. The molecular weight excluding hydrogens is 1700 g/mol. The first-order valence-corrected chi connectivity index (χ1v) is 46.9. The smallest absolute Gasteiger partial charge is 0.322 e. The van der Waals surface area contributed by atoms with E-state index < -0.39 is 6.03 Å². The normalized spacial score (nSPS) is 23.3. The number of hydrogen-bond donors (Lipinski definition) is 6. The van der Waals surface area contributed by atoms with Crippen molar-refractivity contribution in [3.05, 3.63) is 299 Å². The summed E-state index contributed by atoms with van der Waals surface area (Å²) in [6.45, 7) is 11.2. The molecule has 8 saturated heterocycles. The molecule has 10 aromatic rings. The maximum absolute atomic E-state index is 13.2. The van der Waals surface area contributed by atoms with E-state index in [-0.39, 0.29) is 177 Å². The van der Waals surface area contributed by atoms with Crippen molar-refractivity contribution in [3.8, 4) is 44.5 Å². The first-order chi connectivity index (χ1) is 65.0. The van der Waals surface area contributed by atoms with E-state index >= 15 is 0 Å². The molecule has 26 heteroatoms. The Morgan fingerprint density at radius 1 is 0.328 bits per heavy atom. The third kappa shape index (κ3) is 19.5. The molecule has 24 nitrogen and oxygen atoms in total. The highest BCUT2D eigenvalue weighted by Crippen LogP contribution is 2.49. The highest BCUT2D eigenvalue weighted by Gasteiger charge is 2.59. The van der Waals surface area contributed by atoms with E-state index in [4.69, 9.17) is 9.47 Å². The predicted molar refractivity (Wildman–Crippen MR) is 512 cm³/mol. The van der Waals surface area contributed by atoms with Gasteiger partial charge in [-0.3, -0.25) is 19.2 Å². The van der Waals surface area contributed by atoms with E-state index in [0.29, 0.717) is 50.8 Å². The SMILES string of the molecule is COC[C@@H]1[C@H](c2ccc(-c3ccccc3C)cc2)[C@H]2CN(C(=O)Nc3ccc(F)cc3)CC(=O)N12.COC[C@H]1[C@H](c2ccc(-c3ccccc3C)cc2)[C@@H]2CN(C(=O)NC3CCCC3)CC(=O)N12.Cc1ccccc1-c1ccc([C@H]2[C@@H](CO)N3C(=O)CN(C(=O)Nc4ccc(F)cc4)C[C@H]23)cc1.Cc1ccccc1-c1ccc([C@H]2[C@H](CO)N3C(=O)CN(C(=O)NC4CCCC4)C[C@@H]23)cc1. The van der Waals surface area contributed by atoms with Crippen LogP contribution >= 0.6 is 0 Å². The van der Waals surface area contributed by atoms with E-state index in [1.165, 1.54) is 127 Å². The molecule has 12 atom stereocenters. The number of fused-ring (bicyclic) bond motifs is 4. The van der Waals surface area contributed by atoms with Gasteiger partial charge < -0.3 is 80.2 Å². The monoisotopic (exact) mass is 1810 g/mol. The number of aliphatic hydroxyl groups excluding tert-OH is 2. The van der Waals surface area contributed by atoms with Gasteiger partial charge in [0.05, 0.1) is 74.8 Å². The fourth-order valence-corrected chi connectivity index (χ4v) is 22.2. The molecule has 12 amide bonds. The largest absolute Gasteiger partial charge is 0.394 e. The van der Waals surface area contributed by atoms with Crippen LogP contribution in [-0.2, 0) is 28.7 Å². The molecule has 10 aromatic carbocycles. The van der Waals surface area contributed by atoms with Gasteiger partial charge in [-0.25, -0.2) is 28.0 Å². The number of benzene rings is 10. The quantitative estimate of drug-likeness (QED) is 0.0468. The fourth-order valence-electron chi connectivity index (χ4n) is 22.2. The summed E-state index contributed by atoms with van der Waals surface area (Å²) in [5, 5.41) is 31.8. The van der Waals surface area contributed by atoms with Gasteiger partial charge in [-0.15, -0.1) is 0 Å². The zero-order valence-electron chi connectivity index (χ0n) is 76.6. The van der Waals surface area contributed by atoms with Crippen LogP contribution in [0.2, 0.25) is 0 Å². The summed E-state index contributed by atoms with van der Waals surface area (Å²) >= 11 is 0. The fraction of sp³-hybridized carbons (Fsp3) is 0.370. The number of urea groups is 4. The number of halogens is 2. The lowest BCUT2D eigenvalue weighted by atomic mass is 9.73. The first-order valence-electron chi connectivity index (χ1n) is 46.9. The second-order valence-electron chi connectivity index (χ2n) is 37.1. The zero-order chi connectivity index (χ0) is 93.5. The Hall–Kier alpha value is -13.1. The van der Waals surface area contributed by atoms with Crippen LogP contribution in [0.3, 0.4) is 0 Å². The van der Waals surface area contributed by atoms with Gasteiger partial charge in [0.1, 0.15) is 37.8 Å². The van der Waals surface area contributed by atoms with Gasteiger partial charge in [0.15, 0.2) is 0 Å². The topological polar surface area (TPSA) is 270 Å². The number of anilines is 2. The number of nitrogens with zero attached hydrogens (tertiary/aromatic N) is 8. The highest BCUT2D eigenvalue weighted by atomic mass is 19.1.